The molecule has 110 valence electrons. The van der Waals surface area contributed by atoms with Crippen LogP contribution < -0.4 is 10.2 Å². The molecule has 0 atom stereocenters. The summed E-state index contributed by atoms with van der Waals surface area (Å²) in [5.74, 6) is 0.347. The van der Waals surface area contributed by atoms with Gasteiger partial charge in [0.2, 0.25) is 0 Å². The molecule has 21 heavy (non-hydrogen) atoms. The lowest BCUT2D eigenvalue weighted by Crippen LogP contribution is -2.24. The fraction of sp³-hybridized carbons (Fsp3) is 0.143. The number of thiophene rings is 1. The summed E-state index contributed by atoms with van der Waals surface area (Å²) in [5.41, 5.74) is 3.47. The second kappa shape index (κ2) is 7.72. The third-order valence-electron chi connectivity index (χ3n) is 2.47. The van der Waals surface area contributed by atoms with E-state index in [1.165, 1.54) is 11.3 Å². The summed E-state index contributed by atoms with van der Waals surface area (Å²) < 4.78 is 7.42. The van der Waals surface area contributed by atoms with E-state index in [1.54, 1.807) is 12.3 Å². The van der Waals surface area contributed by atoms with E-state index in [4.69, 9.17) is 4.74 Å². The van der Waals surface area contributed by atoms with E-state index in [-0.39, 0.29) is 12.5 Å². The molecule has 1 aromatic heterocycles. The number of rotatable bonds is 5. The van der Waals surface area contributed by atoms with Crippen LogP contribution in [0.25, 0.3) is 0 Å². The molecule has 0 saturated carbocycles. The molecule has 4 nitrogen and oxygen atoms in total. The van der Waals surface area contributed by atoms with E-state index >= 15 is 0 Å². The van der Waals surface area contributed by atoms with Gasteiger partial charge in [0.1, 0.15) is 5.75 Å². The average Bonchev–Trinajstić information content (AvgIpc) is 2.86. The Labute approximate surface area is 143 Å². The molecule has 0 saturated heterocycles. The van der Waals surface area contributed by atoms with Crippen LogP contribution >= 0.6 is 43.2 Å². The number of hydrazone groups is 1. The Morgan fingerprint density at radius 1 is 1.38 bits per heavy atom. The van der Waals surface area contributed by atoms with Gasteiger partial charge in [-0.1, -0.05) is 15.9 Å². The average molecular weight is 432 g/mol. The first-order valence-corrected chi connectivity index (χ1v) is 8.41. The molecule has 0 aliphatic heterocycles. The Morgan fingerprint density at radius 3 is 2.86 bits per heavy atom. The van der Waals surface area contributed by atoms with E-state index in [0.717, 1.165) is 18.7 Å². The number of aryl methyl sites for hydroxylation is 1. The van der Waals surface area contributed by atoms with Crippen LogP contribution in [0.4, 0.5) is 0 Å². The molecular weight excluding hydrogens is 420 g/mol. The van der Waals surface area contributed by atoms with Gasteiger partial charge >= 0.3 is 0 Å². The van der Waals surface area contributed by atoms with Crippen LogP contribution in [-0.4, -0.2) is 18.7 Å². The molecule has 0 spiro atoms. The first-order chi connectivity index (χ1) is 10.0. The van der Waals surface area contributed by atoms with Crippen LogP contribution in [0, 0.1) is 6.92 Å². The minimum atomic E-state index is -0.303. The van der Waals surface area contributed by atoms with Crippen LogP contribution in [0.15, 0.2) is 43.7 Å². The molecule has 0 bridgehead atoms. The second-order valence-electron chi connectivity index (χ2n) is 4.13. The molecule has 0 aliphatic rings. The Bertz CT molecular complexity index is 671. The third kappa shape index (κ3) is 5.26. The number of benzene rings is 1. The minimum Gasteiger partial charge on any atom is -0.484 e. The highest BCUT2D eigenvalue weighted by atomic mass is 79.9. The van der Waals surface area contributed by atoms with Crippen LogP contribution in [0.5, 0.6) is 5.75 Å². The smallest absolute Gasteiger partial charge is 0.277 e. The van der Waals surface area contributed by atoms with Crippen molar-refractivity contribution in [2.75, 3.05) is 6.61 Å². The molecule has 1 amide bonds. The summed E-state index contributed by atoms with van der Waals surface area (Å²) in [5, 5.41) is 3.88. The maximum absolute atomic E-state index is 11.6. The molecule has 2 aromatic rings. The topological polar surface area (TPSA) is 50.7 Å². The van der Waals surface area contributed by atoms with Crippen molar-refractivity contribution in [1.82, 2.24) is 5.43 Å². The molecule has 2 rings (SSSR count). The van der Waals surface area contributed by atoms with E-state index in [0.29, 0.717) is 5.75 Å². The fourth-order valence-corrected chi connectivity index (χ4v) is 3.00. The standard InChI is InChI=1S/C14H12Br2N2O2S/c1-9-6-10(2-4-12(9)15)20-8-14(19)18-17-7-11-3-5-13(16)21-11/h2-7H,8H2,1H3,(H,18,19)/b17-7+. The van der Waals surface area contributed by atoms with E-state index in [1.807, 2.05) is 31.2 Å². The van der Waals surface area contributed by atoms with Crippen molar-refractivity contribution >= 4 is 55.3 Å². The summed E-state index contributed by atoms with van der Waals surface area (Å²) in [4.78, 5) is 12.5. The maximum atomic E-state index is 11.6. The number of ether oxygens (including phenoxy) is 1. The largest absolute Gasteiger partial charge is 0.484 e. The number of halogens is 2. The normalized spacial score (nSPS) is 10.8. The van der Waals surface area contributed by atoms with Gasteiger partial charge in [-0.2, -0.15) is 5.10 Å². The van der Waals surface area contributed by atoms with Gasteiger partial charge in [-0.25, -0.2) is 5.43 Å². The van der Waals surface area contributed by atoms with Gasteiger partial charge in [0.25, 0.3) is 5.91 Å². The lowest BCUT2D eigenvalue weighted by atomic mass is 10.2. The zero-order valence-electron chi connectivity index (χ0n) is 11.1. The van der Waals surface area contributed by atoms with Gasteiger partial charge in [-0.15, -0.1) is 11.3 Å². The lowest BCUT2D eigenvalue weighted by molar-refractivity contribution is -0.123. The predicted octanol–water partition coefficient (Wildman–Crippen LogP) is 4.11. The Morgan fingerprint density at radius 2 is 2.19 bits per heavy atom. The van der Waals surface area contributed by atoms with Crippen molar-refractivity contribution < 1.29 is 9.53 Å². The molecule has 0 radical (unpaired) electrons. The van der Waals surface area contributed by atoms with Gasteiger partial charge in [0.05, 0.1) is 10.0 Å². The monoisotopic (exact) mass is 430 g/mol. The fourth-order valence-electron chi connectivity index (χ4n) is 1.45. The second-order valence-corrected chi connectivity index (χ2v) is 7.48. The highest BCUT2D eigenvalue weighted by molar-refractivity contribution is 9.11. The van der Waals surface area contributed by atoms with Gasteiger partial charge < -0.3 is 4.74 Å². The van der Waals surface area contributed by atoms with Gasteiger partial charge in [-0.3, -0.25) is 4.79 Å². The molecule has 1 aromatic carbocycles. The van der Waals surface area contributed by atoms with Crippen molar-refractivity contribution in [2.45, 2.75) is 6.92 Å². The molecule has 7 heteroatoms. The molecule has 0 unspecified atom stereocenters. The van der Waals surface area contributed by atoms with Crippen molar-refractivity contribution in [2.24, 2.45) is 5.10 Å². The van der Waals surface area contributed by atoms with Crippen molar-refractivity contribution in [3.63, 3.8) is 0 Å². The number of nitrogens with zero attached hydrogens (tertiary/aromatic N) is 1. The van der Waals surface area contributed by atoms with E-state index < -0.39 is 0 Å². The van der Waals surface area contributed by atoms with Gasteiger partial charge in [-0.05, 0) is 58.7 Å². The van der Waals surface area contributed by atoms with Gasteiger partial charge in [0, 0.05) is 9.35 Å². The molecule has 0 aliphatic carbocycles. The summed E-state index contributed by atoms with van der Waals surface area (Å²) >= 11 is 8.30. The Hall–Kier alpha value is -1.18. The Balaban J connectivity index is 1.79. The van der Waals surface area contributed by atoms with Crippen LogP contribution in [0.2, 0.25) is 0 Å². The zero-order chi connectivity index (χ0) is 15.2. The first-order valence-electron chi connectivity index (χ1n) is 6.01. The third-order valence-corrected chi connectivity index (χ3v) is 4.92. The van der Waals surface area contributed by atoms with Crippen molar-refractivity contribution in [3.05, 3.63) is 49.0 Å². The molecule has 1 N–H and O–H groups in total. The highest BCUT2D eigenvalue weighted by Gasteiger charge is 2.03. The number of hydrogen-bond acceptors (Lipinski definition) is 4. The number of carbonyl (C=O) groups is 1. The van der Waals surface area contributed by atoms with E-state index in [9.17, 15) is 4.79 Å². The summed E-state index contributed by atoms with van der Waals surface area (Å²) in [6.07, 6.45) is 1.59. The van der Waals surface area contributed by atoms with Crippen LogP contribution in [0.1, 0.15) is 10.4 Å². The predicted molar refractivity (Wildman–Crippen MR) is 92.1 cm³/mol. The van der Waals surface area contributed by atoms with Gasteiger partial charge in [0.15, 0.2) is 6.61 Å². The van der Waals surface area contributed by atoms with Crippen molar-refractivity contribution in [1.29, 1.82) is 0 Å². The summed E-state index contributed by atoms with van der Waals surface area (Å²) in [6, 6.07) is 9.38. The molecule has 0 fully saturated rings. The number of nitrogens with one attached hydrogen (secondary N) is 1. The van der Waals surface area contributed by atoms with Crippen LogP contribution in [-0.2, 0) is 4.79 Å². The summed E-state index contributed by atoms with van der Waals surface area (Å²) in [6.45, 7) is 1.88. The summed E-state index contributed by atoms with van der Waals surface area (Å²) in [7, 11) is 0. The number of hydrogen-bond donors (Lipinski definition) is 1. The minimum absolute atomic E-state index is 0.0768. The molecule has 1 heterocycles. The highest BCUT2D eigenvalue weighted by Crippen LogP contribution is 2.21. The van der Waals surface area contributed by atoms with E-state index in [2.05, 4.69) is 42.4 Å². The molecular formula is C14H12Br2N2O2S. The maximum Gasteiger partial charge on any atom is 0.277 e. The number of carbonyl (C=O) groups excluding carboxylic acids is 1. The SMILES string of the molecule is Cc1cc(OCC(=O)N/N=C/c2ccc(Br)s2)ccc1Br. The van der Waals surface area contributed by atoms with Crippen LogP contribution in [0.3, 0.4) is 0 Å². The zero-order valence-corrected chi connectivity index (χ0v) is 15.1. The quantitative estimate of drug-likeness (QED) is 0.572. The Kier molecular flexibility index (Phi) is 5.96. The number of amides is 1. The lowest BCUT2D eigenvalue weighted by Gasteiger charge is -2.06. The van der Waals surface area contributed by atoms with Crippen molar-refractivity contribution in [3.8, 4) is 5.75 Å². The first kappa shape index (κ1) is 16.2.